The van der Waals surface area contributed by atoms with Gasteiger partial charge in [0.25, 0.3) is 0 Å². The van der Waals surface area contributed by atoms with E-state index in [2.05, 4.69) is 19.1 Å². The quantitative estimate of drug-likeness (QED) is 0.564. The SMILES string of the molecule is C[C@H]1CC=CC[C@@H]1COC(=O)COC1CCCCC1. The van der Waals surface area contributed by atoms with Crippen molar-refractivity contribution in [3.05, 3.63) is 12.2 Å². The highest BCUT2D eigenvalue weighted by atomic mass is 16.6. The molecule has 0 aromatic rings. The molecule has 108 valence electrons. The number of hydrogen-bond donors (Lipinski definition) is 0. The highest BCUT2D eigenvalue weighted by Crippen LogP contribution is 2.25. The molecule has 0 saturated heterocycles. The zero-order valence-electron chi connectivity index (χ0n) is 12.0. The normalized spacial score (nSPS) is 28.3. The van der Waals surface area contributed by atoms with E-state index in [0.29, 0.717) is 18.4 Å². The van der Waals surface area contributed by atoms with Crippen LogP contribution in [0.15, 0.2) is 12.2 Å². The first kappa shape index (κ1) is 14.6. The predicted molar refractivity (Wildman–Crippen MR) is 74.8 cm³/mol. The maximum Gasteiger partial charge on any atom is 0.332 e. The summed E-state index contributed by atoms with van der Waals surface area (Å²) in [4.78, 5) is 11.7. The van der Waals surface area contributed by atoms with Crippen LogP contribution in [-0.4, -0.2) is 25.3 Å². The first-order valence-electron chi connectivity index (χ1n) is 7.68. The summed E-state index contributed by atoms with van der Waals surface area (Å²) in [6.07, 6.45) is 12.8. The summed E-state index contributed by atoms with van der Waals surface area (Å²) in [7, 11) is 0. The molecule has 1 fully saturated rings. The molecule has 2 rings (SSSR count). The van der Waals surface area contributed by atoms with Crippen LogP contribution in [0.25, 0.3) is 0 Å². The largest absolute Gasteiger partial charge is 0.464 e. The van der Waals surface area contributed by atoms with Crippen molar-refractivity contribution in [3.8, 4) is 0 Å². The Morgan fingerprint density at radius 3 is 2.63 bits per heavy atom. The van der Waals surface area contributed by atoms with Gasteiger partial charge in [0.1, 0.15) is 6.61 Å². The highest BCUT2D eigenvalue weighted by molar-refractivity contribution is 5.70. The molecule has 3 nitrogen and oxygen atoms in total. The molecule has 0 bridgehead atoms. The zero-order chi connectivity index (χ0) is 13.5. The third-order valence-electron chi connectivity index (χ3n) is 4.37. The van der Waals surface area contributed by atoms with Gasteiger partial charge >= 0.3 is 5.97 Å². The lowest BCUT2D eigenvalue weighted by Crippen LogP contribution is -2.25. The standard InChI is InChI=1S/C16H26O3/c1-13-7-5-6-8-14(13)11-19-16(17)12-18-15-9-3-2-4-10-15/h5-6,13-15H,2-4,7-12H2,1H3/t13-,14+/m0/s1. The number of rotatable bonds is 5. The molecule has 0 aromatic carbocycles. The Labute approximate surface area is 116 Å². The second-order valence-corrected chi connectivity index (χ2v) is 5.93. The van der Waals surface area contributed by atoms with Crippen LogP contribution in [0.4, 0.5) is 0 Å². The van der Waals surface area contributed by atoms with Gasteiger partial charge in [-0.15, -0.1) is 0 Å². The molecule has 0 unspecified atom stereocenters. The minimum absolute atomic E-state index is 0.127. The Morgan fingerprint density at radius 2 is 1.89 bits per heavy atom. The topological polar surface area (TPSA) is 35.5 Å². The fourth-order valence-electron chi connectivity index (χ4n) is 2.90. The van der Waals surface area contributed by atoms with Crippen molar-refractivity contribution in [3.63, 3.8) is 0 Å². The third kappa shape index (κ3) is 4.98. The van der Waals surface area contributed by atoms with Crippen LogP contribution in [0.3, 0.4) is 0 Å². The summed E-state index contributed by atoms with van der Waals surface area (Å²) in [5.41, 5.74) is 0. The van der Waals surface area contributed by atoms with Crippen LogP contribution in [-0.2, 0) is 14.3 Å². The Bertz CT molecular complexity index is 305. The lowest BCUT2D eigenvalue weighted by Gasteiger charge is -2.25. The number of hydrogen-bond acceptors (Lipinski definition) is 3. The second kappa shape index (κ2) is 7.68. The van der Waals surface area contributed by atoms with Gasteiger partial charge in [-0.1, -0.05) is 38.3 Å². The van der Waals surface area contributed by atoms with Crippen LogP contribution < -0.4 is 0 Å². The van der Waals surface area contributed by atoms with E-state index in [-0.39, 0.29) is 18.7 Å². The van der Waals surface area contributed by atoms with Crippen LogP contribution in [0.5, 0.6) is 0 Å². The molecular formula is C16H26O3. The molecule has 1 saturated carbocycles. The first-order valence-corrected chi connectivity index (χ1v) is 7.68. The summed E-state index contributed by atoms with van der Waals surface area (Å²) in [6, 6.07) is 0. The monoisotopic (exact) mass is 266 g/mol. The van der Waals surface area contributed by atoms with Crippen molar-refractivity contribution >= 4 is 5.97 Å². The van der Waals surface area contributed by atoms with Crippen LogP contribution in [0.2, 0.25) is 0 Å². The highest BCUT2D eigenvalue weighted by Gasteiger charge is 2.21. The van der Waals surface area contributed by atoms with Crippen molar-refractivity contribution in [1.82, 2.24) is 0 Å². The van der Waals surface area contributed by atoms with Crippen molar-refractivity contribution < 1.29 is 14.3 Å². The van der Waals surface area contributed by atoms with Gasteiger partial charge in [0.15, 0.2) is 0 Å². The van der Waals surface area contributed by atoms with Gasteiger partial charge in [-0.2, -0.15) is 0 Å². The molecule has 0 aliphatic heterocycles. The number of allylic oxidation sites excluding steroid dienone is 2. The van der Waals surface area contributed by atoms with Gasteiger partial charge in [-0.3, -0.25) is 0 Å². The second-order valence-electron chi connectivity index (χ2n) is 5.93. The summed E-state index contributed by atoms with van der Waals surface area (Å²) in [5.74, 6) is 0.882. The Balaban J connectivity index is 1.60. The van der Waals surface area contributed by atoms with Crippen LogP contribution >= 0.6 is 0 Å². The molecule has 0 amide bonds. The number of carbonyl (C=O) groups is 1. The van der Waals surface area contributed by atoms with Crippen molar-refractivity contribution in [1.29, 1.82) is 0 Å². The lowest BCUT2D eigenvalue weighted by atomic mass is 9.85. The summed E-state index contributed by atoms with van der Waals surface area (Å²) < 4.78 is 11.0. The van der Waals surface area contributed by atoms with E-state index in [1.165, 1.54) is 19.3 Å². The average Bonchev–Trinajstić information content (AvgIpc) is 2.45. The van der Waals surface area contributed by atoms with E-state index >= 15 is 0 Å². The smallest absolute Gasteiger partial charge is 0.332 e. The van der Waals surface area contributed by atoms with Gasteiger partial charge < -0.3 is 9.47 Å². The third-order valence-corrected chi connectivity index (χ3v) is 4.37. The number of carbonyl (C=O) groups excluding carboxylic acids is 1. The van der Waals surface area contributed by atoms with Gasteiger partial charge in [0.2, 0.25) is 0 Å². The molecule has 0 aromatic heterocycles. The van der Waals surface area contributed by atoms with E-state index in [1.807, 2.05) is 0 Å². The van der Waals surface area contributed by atoms with Crippen molar-refractivity contribution in [2.24, 2.45) is 11.8 Å². The fourth-order valence-corrected chi connectivity index (χ4v) is 2.90. The Kier molecular flexibility index (Phi) is 5.90. The maximum atomic E-state index is 11.7. The first-order chi connectivity index (χ1) is 9.25. The molecule has 2 atom stereocenters. The van der Waals surface area contributed by atoms with Gasteiger partial charge in [0, 0.05) is 0 Å². The molecule has 2 aliphatic carbocycles. The van der Waals surface area contributed by atoms with E-state index < -0.39 is 0 Å². The summed E-state index contributed by atoms with van der Waals surface area (Å²) >= 11 is 0. The van der Waals surface area contributed by atoms with Crippen LogP contribution in [0.1, 0.15) is 51.9 Å². The Hall–Kier alpha value is -0.830. The minimum Gasteiger partial charge on any atom is -0.464 e. The van der Waals surface area contributed by atoms with Gasteiger partial charge in [0.05, 0.1) is 12.7 Å². The van der Waals surface area contributed by atoms with E-state index in [4.69, 9.17) is 9.47 Å². The van der Waals surface area contributed by atoms with E-state index in [0.717, 1.165) is 25.7 Å². The summed E-state index contributed by atoms with van der Waals surface area (Å²) in [6.45, 7) is 2.89. The molecule has 3 heteroatoms. The van der Waals surface area contributed by atoms with Gasteiger partial charge in [-0.05, 0) is 37.5 Å². The van der Waals surface area contributed by atoms with E-state index in [1.54, 1.807) is 0 Å². The predicted octanol–water partition coefficient (Wildman–Crippen LogP) is 3.48. The molecule has 19 heavy (non-hydrogen) atoms. The summed E-state index contributed by atoms with van der Waals surface area (Å²) in [5, 5.41) is 0. The van der Waals surface area contributed by atoms with E-state index in [9.17, 15) is 4.79 Å². The van der Waals surface area contributed by atoms with Crippen LogP contribution in [0, 0.1) is 11.8 Å². The fraction of sp³-hybridized carbons (Fsp3) is 0.812. The molecule has 0 N–H and O–H groups in total. The average molecular weight is 266 g/mol. The molecule has 2 aliphatic rings. The molecule has 0 spiro atoms. The zero-order valence-corrected chi connectivity index (χ0v) is 12.0. The van der Waals surface area contributed by atoms with Crippen molar-refractivity contribution in [2.45, 2.75) is 58.0 Å². The van der Waals surface area contributed by atoms with Gasteiger partial charge in [-0.25, -0.2) is 4.79 Å². The number of esters is 1. The Morgan fingerprint density at radius 1 is 1.16 bits per heavy atom. The minimum atomic E-state index is -0.202. The number of ether oxygens (including phenoxy) is 2. The lowest BCUT2D eigenvalue weighted by molar-refractivity contribution is -0.153. The molecule has 0 radical (unpaired) electrons. The molecule has 0 heterocycles. The molecular weight excluding hydrogens is 240 g/mol. The maximum absolute atomic E-state index is 11.7. The van der Waals surface area contributed by atoms with Crippen molar-refractivity contribution in [2.75, 3.05) is 13.2 Å².